The molecule has 220 valence electrons. The Balaban J connectivity index is 7.16. The zero-order valence-electron chi connectivity index (χ0n) is 15.7. The lowest BCUT2D eigenvalue weighted by molar-refractivity contribution is -0.473. The van der Waals surface area contributed by atoms with Crippen LogP contribution < -0.4 is 0 Å². The van der Waals surface area contributed by atoms with Crippen molar-refractivity contribution in [3.63, 3.8) is 0 Å². The highest BCUT2D eigenvalue weighted by atomic mass is 35.5. The number of hydrogen-bond donors (Lipinski definition) is 1. The molecule has 0 aliphatic carbocycles. The lowest BCUT2D eigenvalue weighted by atomic mass is 9.86. The predicted molar refractivity (Wildman–Crippen MR) is 72.1 cm³/mol. The van der Waals surface area contributed by atoms with E-state index in [2.05, 4.69) is 11.6 Å². The molecule has 37 heavy (non-hydrogen) atoms. The van der Waals surface area contributed by atoms with Gasteiger partial charge in [0.25, 0.3) is 0 Å². The lowest BCUT2D eigenvalue weighted by Gasteiger charge is -2.44. The molecule has 0 saturated carbocycles. The van der Waals surface area contributed by atoms with Crippen molar-refractivity contribution in [2.24, 2.45) is 0 Å². The highest BCUT2D eigenvalue weighted by molar-refractivity contribution is 6.41. The second kappa shape index (κ2) is 8.78. The van der Waals surface area contributed by atoms with E-state index in [4.69, 9.17) is 5.11 Å². The first-order valence-corrected chi connectivity index (χ1v) is 8.04. The van der Waals surface area contributed by atoms with Crippen LogP contribution in [0.3, 0.4) is 0 Å². The molecule has 24 heteroatoms. The molecule has 1 N–H and O–H groups in total. The molecule has 0 radical (unpaired) electrons. The predicted octanol–water partition coefficient (Wildman–Crippen LogP) is 7.47. The monoisotopic (exact) mass is 624 g/mol. The van der Waals surface area contributed by atoms with Crippen LogP contribution in [-0.2, 0) is 4.79 Å². The van der Waals surface area contributed by atoms with E-state index in [9.17, 15) is 97.0 Å². The molecule has 0 aromatic carbocycles. The van der Waals surface area contributed by atoms with Crippen LogP contribution in [-0.4, -0.2) is 70.6 Å². The zero-order valence-corrected chi connectivity index (χ0v) is 16.5. The topological polar surface area (TPSA) is 37.3 Å². The molecule has 0 aromatic rings. The van der Waals surface area contributed by atoms with Gasteiger partial charge in [-0.15, -0.1) is 0 Å². The third-order valence-electron chi connectivity index (χ3n) is 4.05. The molecular weight excluding hydrogens is 623 g/mol. The van der Waals surface area contributed by atoms with E-state index in [1.54, 1.807) is 0 Å². The van der Waals surface area contributed by atoms with Crippen LogP contribution in [0.2, 0.25) is 0 Å². The van der Waals surface area contributed by atoms with E-state index in [1.165, 1.54) is 0 Å². The average Bonchev–Trinajstić information content (AvgIpc) is 2.65. The first-order valence-electron chi connectivity index (χ1n) is 7.66. The summed E-state index contributed by atoms with van der Waals surface area (Å²) in [7, 11) is 0. The first-order chi connectivity index (χ1) is 15.6. The second-order valence-electron chi connectivity index (χ2n) is 6.51. The van der Waals surface area contributed by atoms with Crippen LogP contribution in [0.1, 0.15) is 0 Å². The van der Waals surface area contributed by atoms with E-state index in [0.717, 1.165) is 0 Å². The number of halogens is 22. The zero-order chi connectivity index (χ0) is 30.9. The number of rotatable bonds is 10. The van der Waals surface area contributed by atoms with Crippen molar-refractivity contribution in [1.29, 1.82) is 0 Å². The maximum absolute atomic E-state index is 13.5. The number of carbonyl (C=O) groups is 1. The highest BCUT2D eigenvalue weighted by Crippen LogP contribution is 2.66. The van der Waals surface area contributed by atoms with Crippen LogP contribution >= 0.6 is 11.6 Å². The summed E-state index contributed by atoms with van der Waals surface area (Å²) in [5, 5.41) is 5.40. The number of hydrogen-bond acceptors (Lipinski definition) is 1. The summed E-state index contributed by atoms with van der Waals surface area (Å²) in [6.07, 6.45) is -10.1. The maximum Gasteiger partial charge on any atom is 0.460 e. The van der Waals surface area contributed by atoms with Crippen molar-refractivity contribution in [2.45, 2.75) is 59.5 Å². The summed E-state index contributed by atoms with van der Waals surface area (Å²) in [4.78, 5) is 10.2. The van der Waals surface area contributed by atoms with Crippen LogP contribution in [0.4, 0.5) is 92.2 Å². The van der Waals surface area contributed by atoms with Gasteiger partial charge in [0.05, 0.1) is 0 Å². The van der Waals surface area contributed by atoms with Crippen molar-refractivity contribution in [2.75, 3.05) is 0 Å². The molecule has 0 unspecified atom stereocenters. The Morgan fingerprint density at radius 1 is 0.459 bits per heavy atom. The summed E-state index contributed by atoms with van der Waals surface area (Å²) in [6.45, 7) is 0. The Morgan fingerprint density at radius 2 is 0.676 bits per heavy atom. The largest absolute Gasteiger partial charge is 0.477 e. The van der Waals surface area contributed by atoms with Gasteiger partial charge in [-0.25, -0.2) is 4.79 Å². The average molecular weight is 625 g/mol. The van der Waals surface area contributed by atoms with Crippen molar-refractivity contribution >= 4 is 17.6 Å². The van der Waals surface area contributed by atoms with E-state index in [1.807, 2.05) is 0 Å². The summed E-state index contributed by atoms with van der Waals surface area (Å²) >= 11 is 4.32. The highest BCUT2D eigenvalue weighted by Gasteiger charge is 2.97. The van der Waals surface area contributed by atoms with Gasteiger partial charge in [-0.05, 0) is 0 Å². The molecule has 0 spiro atoms. The van der Waals surface area contributed by atoms with Gasteiger partial charge in [0.2, 0.25) is 0 Å². The third kappa shape index (κ3) is 4.51. The summed E-state index contributed by atoms with van der Waals surface area (Å²) < 4.78 is 275. The van der Waals surface area contributed by atoms with Crippen molar-refractivity contribution in [1.82, 2.24) is 0 Å². The van der Waals surface area contributed by atoms with Crippen LogP contribution in [0.25, 0.3) is 0 Å². The van der Waals surface area contributed by atoms with Crippen molar-refractivity contribution < 1.29 is 102 Å². The lowest BCUT2D eigenvalue weighted by Crippen LogP contribution is -2.76. The van der Waals surface area contributed by atoms with Crippen LogP contribution in [0.5, 0.6) is 0 Å². The van der Waals surface area contributed by atoms with Gasteiger partial charge in [0, 0.05) is 6.08 Å². The summed E-state index contributed by atoms with van der Waals surface area (Å²) in [5.41, 5.74) is 0. The normalized spacial score (nSPS) is 16.8. The van der Waals surface area contributed by atoms with Crippen molar-refractivity contribution in [3.05, 3.63) is 11.1 Å². The first kappa shape index (κ1) is 35.0. The fourth-order valence-electron chi connectivity index (χ4n) is 1.88. The van der Waals surface area contributed by atoms with Gasteiger partial charge in [-0.3, -0.25) is 0 Å². The minimum absolute atomic E-state index is 2.08. The molecule has 2 nitrogen and oxygen atoms in total. The molecule has 0 bridgehead atoms. The second-order valence-corrected chi connectivity index (χ2v) is 6.92. The van der Waals surface area contributed by atoms with E-state index in [-0.39, 0.29) is 0 Å². The van der Waals surface area contributed by atoms with Gasteiger partial charge < -0.3 is 5.11 Å². The molecule has 0 aliphatic rings. The van der Waals surface area contributed by atoms with Gasteiger partial charge >= 0.3 is 65.4 Å². The van der Waals surface area contributed by atoms with E-state index < -0.39 is 76.6 Å². The van der Waals surface area contributed by atoms with Gasteiger partial charge in [0.1, 0.15) is 5.03 Å². The number of allylic oxidation sites excluding steroid dienone is 1. The number of aliphatic carboxylic acids is 1. The van der Waals surface area contributed by atoms with Crippen molar-refractivity contribution in [3.8, 4) is 0 Å². The van der Waals surface area contributed by atoms with Crippen LogP contribution in [0, 0.1) is 0 Å². The molecule has 0 saturated heterocycles. The van der Waals surface area contributed by atoms with E-state index in [0.29, 0.717) is 0 Å². The fourth-order valence-corrected chi connectivity index (χ4v) is 2.02. The minimum Gasteiger partial charge on any atom is -0.477 e. The Labute approximate surface area is 191 Å². The molecule has 0 heterocycles. The summed E-state index contributed by atoms with van der Waals surface area (Å²) in [6, 6.07) is 0. The molecule has 0 rings (SSSR count). The van der Waals surface area contributed by atoms with Gasteiger partial charge in [-0.2, -0.15) is 92.2 Å². The number of carboxylic acids is 1. The number of alkyl halides is 21. The minimum atomic E-state index is -9.27. The molecular formula is C13H2ClF21O2. The summed E-state index contributed by atoms with van der Waals surface area (Å²) in [5.74, 6) is -81.5. The Bertz CT molecular complexity index is 914. The molecule has 0 aromatic heterocycles. The number of carboxylic acid groups (broad SMARTS) is 1. The quantitative estimate of drug-likeness (QED) is 0.202. The third-order valence-corrected chi connectivity index (χ3v) is 4.32. The Hall–Kier alpha value is -1.97. The maximum atomic E-state index is 13.5. The van der Waals surface area contributed by atoms with Gasteiger partial charge in [0.15, 0.2) is 0 Å². The molecule has 0 atom stereocenters. The van der Waals surface area contributed by atoms with Gasteiger partial charge in [-0.1, -0.05) is 11.6 Å². The van der Waals surface area contributed by atoms with Crippen LogP contribution in [0.15, 0.2) is 11.1 Å². The smallest absolute Gasteiger partial charge is 0.460 e. The molecule has 0 aliphatic heterocycles. The molecule has 0 fully saturated rings. The fraction of sp³-hybridized carbons (Fsp3) is 0.769. The van der Waals surface area contributed by atoms with E-state index >= 15 is 0 Å². The standard InChI is InChI=1S/C13H2ClF21O2/c14-2(3(36)37)1-4(15,16)5(17,18)6(19,20)7(21,22)8(23,24)9(25,26)10(27,28)11(29,30)12(31,32)13(33,34)35/h1H,(H,36,37). The molecule has 0 amide bonds. The Kier molecular flexibility index (Phi) is 8.31. The Morgan fingerprint density at radius 3 is 0.892 bits per heavy atom. The SMILES string of the molecule is O=C(O)C(Cl)=CC(F)(F)C(F)(F)C(F)(F)C(F)(F)C(F)(F)C(F)(F)C(F)(F)C(F)(F)C(F)(F)C(F)(F)F.